The summed E-state index contributed by atoms with van der Waals surface area (Å²) in [4.78, 5) is 16.0. The molecule has 0 spiro atoms. The van der Waals surface area contributed by atoms with Crippen molar-refractivity contribution in [2.45, 2.75) is 43.5 Å². The van der Waals surface area contributed by atoms with E-state index < -0.39 is 10.0 Å². The first-order valence-corrected chi connectivity index (χ1v) is 11.8. The summed E-state index contributed by atoms with van der Waals surface area (Å²) in [5, 5.41) is 3.93. The molecule has 1 atom stereocenters. The van der Waals surface area contributed by atoms with Gasteiger partial charge in [-0.15, -0.1) is 0 Å². The third-order valence-corrected chi connectivity index (χ3v) is 7.70. The van der Waals surface area contributed by atoms with Crippen molar-refractivity contribution in [1.29, 1.82) is 0 Å². The highest BCUT2D eigenvalue weighted by atomic mass is 32.2. The van der Waals surface area contributed by atoms with E-state index in [1.54, 1.807) is 16.4 Å². The molecule has 2 aromatic carbocycles. The number of nitrogens with zero attached hydrogens (tertiary/aromatic N) is 1. The number of para-hydroxylation sites is 1. The number of carbonyl (C=O) groups excluding carboxylic acids is 1. The third kappa shape index (κ3) is 4.27. The number of aryl methyl sites for hydroxylation is 1. The van der Waals surface area contributed by atoms with Gasteiger partial charge in [0, 0.05) is 30.0 Å². The minimum Gasteiger partial charge on any atom is -0.351 e. The maximum Gasteiger partial charge on any atom is 0.267 e. The smallest absolute Gasteiger partial charge is 0.267 e. The Morgan fingerprint density at radius 1 is 1.13 bits per heavy atom. The Labute approximate surface area is 177 Å². The van der Waals surface area contributed by atoms with Crippen molar-refractivity contribution in [3.63, 3.8) is 0 Å². The summed E-state index contributed by atoms with van der Waals surface area (Å²) >= 11 is 0. The third-order valence-electron chi connectivity index (χ3n) is 5.74. The van der Waals surface area contributed by atoms with Crippen LogP contribution in [0.1, 0.15) is 41.7 Å². The molecule has 1 unspecified atom stereocenters. The minimum atomic E-state index is -3.53. The van der Waals surface area contributed by atoms with Crippen molar-refractivity contribution < 1.29 is 13.2 Å². The van der Waals surface area contributed by atoms with E-state index in [1.165, 1.54) is 0 Å². The number of hydrogen-bond donors (Lipinski definition) is 2. The van der Waals surface area contributed by atoms with E-state index in [4.69, 9.17) is 0 Å². The monoisotopic (exact) mass is 425 g/mol. The maximum atomic E-state index is 13.2. The minimum absolute atomic E-state index is 0.104. The van der Waals surface area contributed by atoms with Gasteiger partial charge in [0.15, 0.2) is 0 Å². The van der Waals surface area contributed by atoms with Crippen molar-refractivity contribution in [1.82, 2.24) is 14.6 Å². The number of piperidine rings is 1. The Hall–Kier alpha value is -2.64. The van der Waals surface area contributed by atoms with Gasteiger partial charge in [-0.2, -0.15) is 4.31 Å². The molecule has 0 aliphatic carbocycles. The normalized spacial score (nSPS) is 17.8. The second-order valence-corrected chi connectivity index (χ2v) is 9.78. The van der Waals surface area contributed by atoms with Gasteiger partial charge in [-0.1, -0.05) is 42.3 Å². The molecule has 7 heteroatoms. The average Bonchev–Trinajstić information content (AvgIpc) is 3.19. The van der Waals surface area contributed by atoms with Gasteiger partial charge in [-0.3, -0.25) is 4.79 Å². The number of amides is 1. The summed E-state index contributed by atoms with van der Waals surface area (Å²) in [6, 6.07) is 16.5. The highest BCUT2D eigenvalue weighted by molar-refractivity contribution is 7.89. The van der Waals surface area contributed by atoms with Crippen LogP contribution in [0.5, 0.6) is 0 Å². The lowest BCUT2D eigenvalue weighted by Crippen LogP contribution is -2.45. The quantitative estimate of drug-likeness (QED) is 0.630. The lowest BCUT2D eigenvalue weighted by atomic mass is 10.0. The van der Waals surface area contributed by atoms with E-state index in [0.717, 1.165) is 35.7 Å². The first kappa shape index (κ1) is 20.6. The first-order chi connectivity index (χ1) is 14.4. The zero-order valence-electron chi connectivity index (χ0n) is 17.1. The van der Waals surface area contributed by atoms with E-state index in [2.05, 4.69) is 10.3 Å². The largest absolute Gasteiger partial charge is 0.351 e. The van der Waals surface area contributed by atoms with Gasteiger partial charge < -0.3 is 10.3 Å². The van der Waals surface area contributed by atoms with Crippen molar-refractivity contribution in [3.05, 3.63) is 65.9 Å². The zero-order valence-corrected chi connectivity index (χ0v) is 17.9. The first-order valence-electron chi connectivity index (χ1n) is 10.4. The molecular weight excluding hydrogens is 398 g/mol. The molecule has 1 aromatic heterocycles. The summed E-state index contributed by atoms with van der Waals surface area (Å²) in [7, 11) is -3.53. The standard InChI is InChI=1S/C23H27N3O3S/c1-17-9-11-20(12-10-17)30(28,29)26-15-5-4-7-19(26)13-14-24-23(27)22-16-18-6-2-3-8-21(18)25-22/h2-3,6,8-12,16,19,25H,4-5,7,13-15H2,1H3,(H,24,27). The van der Waals surface area contributed by atoms with Crippen LogP contribution in [0.25, 0.3) is 10.9 Å². The molecule has 1 fully saturated rings. The number of H-pyrrole nitrogens is 1. The van der Waals surface area contributed by atoms with Gasteiger partial charge in [-0.05, 0) is 50.5 Å². The van der Waals surface area contributed by atoms with Gasteiger partial charge in [0.1, 0.15) is 5.69 Å². The van der Waals surface area contributed by atoms with Gasteiger partial charge in [0.2, 0.25) is 10.0 Å². The highest BCUT2D eigenvalue weighted by Crippen LogP contribution is 2.27. The molecule has 3 aromatic rings. The van der Waals surface area contributed by atoms with Crippen LogP contribution in [0.15, 0.2) is 59.5 Å². The number of carbonyl (C=O) groups is 1. The summed E-state index contributed by atoms with van der Waals surface area (Å²) in [5.74, 6) is -0.171. The fourth-order valence-electron chi connectivity index (χ4n) is 4.07. The fraction of sp³-hybridized carbons (Fsp3) is 0.348. The van der Waals surface area contributed by atoms with Gasteiger partial charge in [0.25, 0.3) is 5.91 Å². The molecule has 2 heterocycles. The van der Waals surface area contributed by atoms with Crippen LogP contribution in [-0.2, 0) is 10.0 Å². The number of rotatable bonds is 6. The van der Waals surface area contributed by atoms with Gasteiger partial charge in [0.05, 0.1) is 4.90 Å². The Morgan fingerprint density at radius 2 is 1.90 bits per heavy atom. The predicted octanol–water partition coefficient (Wildman–Crippen LogP) is 3.84. The Bertz CT molecular complexity index is 1100. The number of aromatic nitrogens is 1. The summed E-state index contributed by atoms with van der Waals surface area (Å²) in [6.07, 6.45) is 3.27. The maximum absolute atomic E-state index is 13.2. The number of nitrogens with one attached hydrogen (secondary N) is 2. The van der Waals surface area contributed by atoms with Crippen LogP contribution >= 0.6 is 0 Å². The van der Waals surface area contributed by atoms with Gasteiger partial charge >= 0.3 is 0 Å². The Kier molecular flexibility index (Phi) is 5.92. The predicted molar refractivity (Wildman–Crippen MR) is 118 cm³/mol. The van der Waals surface area contributed by atoms with Crippen molar-refractivity contribution >= 4 is 26.8 Å². The molecule has 0 radical (unpaired) electrons. The molecule has 1 aliphatic rings. The number of sulfonamides is 1. The Morgan fingerprint density at radius 3 is 2.67 bits per heavy atom. The van der Waals surface area contributed by atoms with E-state index in [9.17, 15) is 13.2 Å². The zero-order chi connectivity index (χ0) is 21.1. The summed E-state index contributed by atoms with van der Waals surface area (Å²) in [6.45, 7) is 2.89. The van der Waals surface area contributed by atoms with E-state index >= 15 is 0 Å². The molecule has 1 amide bonds. The van der Waals surface area contributed by atoms with E-state index in [0.29, 0.717) is 30.1 Å². The molecule has 4 rings (SSSR count). The lowest BCUT2D eigenvalue weighted by Gasteiger charge is -2.34. The van der Waals surface area contributed by atoms with Crippen molar-refractivity contribution in [2.24, 2.45) is 0 Å². The molecule has 1 saturated heterocycles. The summed E-state index contributed by atoms with van der Waals surface area (Å²) < 4.78 is 27.9. The molecule has 0 saturated carbocycles. The highest BCUT2D eigenvalue weighted by Gasteiger charge is 2.33. The van der Waals surface area contributed by atoms with Crippen molar-refractivity contribution in [2.75, 3.05) is 13.1 Å². The summed E-state index contributed by atoms with van der Waals surface area (Å²) in [5.41, 5.74) is 2.47. The van der Waals surface area contributed by atoms with Crippen LogP contribution in [0.3, 0.4) is 0 Å². The molecular formula is C23H27N3O3S. The number of fused-ring (bicyclic) bond motifs is 1. The molecule has 30 heavy (non-hydrogen) atoms. The number of benzene rings is 2. The molecule has 1 aliphatic heterocycles. The molecule has 158 valence electrons. The van der Waals surface area contributed by atoms with Gasteiger partial charge in [-0.25, -0.2) is 8.42 Å². The SMILES string of the molecule is Cc1ccc(S(=O)(=O)N2CCCCC2CCNC(=O)c2cc3ccccc3[nH]2)cc1. The van der Waals surface area contributed by atoms with E-state index in [1.807, 2.05) is 49.4 Å². The average molecular weight is 426 g/mol. The van der Waals surface area contributed by atoms with Crippen LogP contribution in [0.2, 0.25) is 0 Å². The molecule has 0 bridgehead atoms. The van der Waals surface area contributed by atoms with Crippen LogP contribution in [0, 0.1) is 6.92 Å². The Balaban J connectivity index is 1.41. The number of hydrogen-bond acceptors (Lipinski definition) is 3. The van der Waals surface area contributed by atoms with Crippen LogP contribution < -0.4 is 5.32 Å². The van der Waals surface area contributed by atoms with Crippen LogP contribution in [0.4, 0.5) is 0 Å². The van der Waals surface area contributed by atoms with E-state index in [-0.39, 0.29) is 11.9 Å². The second-order valence-electron chi connectivity index (χ2n) is 7.89. The number of aromatic amines is 1. The lowest BCUT2D eigenvalue weighted by molar-refractivity contribution is 0.0945. The topological polar surface area (TPSA) is 82.3 Å². The second kappa shape index (κ2) is 8.62. The molecule has 6 nitrogen and oxygen atoms in total. The van der Waals surface area contributed by atoms with Crippen molar-refractivity contribution in [3.8, 4) is 0 Å². The fourth-order valence-corrected chi connectivity index (χ4v) is 5.79. The van der Waals surface area contributed by atoms with Crippen LogP contribution in [-0.4, -0.2) is 42.7 Å². The molecule has 2 N–H and O–H groups in total.